The van der Waals surface area contributed by atoms with Crippen LogP contribution in [0.2, 0.25) is 5.02 Å². The summed E-state index contributed by atoms with van der Waals surface area (Å²) in [5, 5.41) is 3.45. The van der Waals surface area contributed by atoms with Gasteiger partial charge in [-0.05, 0) is 73.4 Å². The normalized spacial score (nSPS) is 11.9. The number of carbonyl (C=O) groups is 2. The molecule has 2 amide bonds. The topological polar surface area (TPSA) is 114 Å². The summed E-state index contributed by atoms with van der Waals surface area (Å²) in [5.74, 6) is 0.446. The number of sulfonamides is 1. The fourth-order valence-corrected chi connectivity index (χ4v) is 6.19. The van der Waals surface area contributed by atoms with Crippen LogP contribution < -0.4 is 23.8 Å². The number of anilines is 1. The van der Waals surface area contributed by atoms with Crippen LogP contribution in [0.25, 0.3) is 0 Å². The second-order valence-electron chi connectivity index (χ2n) is 10.7. The molecule has 1 atom stereocenters. The number of hydrogen-bond acceptors (Lipinski definition) is 7. The van der Waals surface area contributed by atoms with Crippen molar-refractivity contribution in [1.29, 1.82) is 0 Å². The van der Waals surface area contributed by atoms with Gasteiger partial charge in [-0.25, -0.2) is 8.42 Å². The van der Waals surface area contributed by atoms with Crippen LogP contribution in [0.15, 0.2) is 71.6 Å². The maximum atomic E-state index is 14.3. The zero-order valence-electron chi connectivity index (χ0n) is 26.6. The van der Waals surface area contributed by atoms with Crippen LogP contribution in [-0.2, 0) is 26.2 Å². The molecule has 3 aromatic carbocycles. The second-order valence-corrected chi connectivity index (χ2v) is 13.0. The van der Waals surface area contributed by atoms with Crippen LogP contribution in [0.4, 0.5) is 5.69 Å². The van der Waals surface area contributed by atoms with Gasteiger partial charge < -0.3 is 24.4 Å². The lowest BCUT2D eigenvalue weighted by atomic mass is 10.1. The number of carbonyl (C=O) groups excluding carboxylic acids is 2. The number of nitrogens with zero attached hydrogens (tertiary/aromatic N) is 2. The molecule has 0 aliphatic heterocycles. The Hall–Kier alpha value is -3.96. The predicted molar refractivity (Wildman–Crippen MR) is 176 cm³/mol. The van der Waals surface area contributed by atoms with Crippen molar-refractivity contribution in [3.05, 3.63) is 77.3 Å². The average Bonchev–Trinajstić information content (AvgIpc) is 3.03. The van der Waals surface area contributed by atoms with Crippen LogP contribution in [0, 0.1) is 5.92 Å². The van der Waals surface area contributed by atoms with Gasteiger partial charge in [0.25, 0.3) is 10.0 Å². The van der Waals surface area contributed by atoms with Crippen molar-refractivity contribution in [1.82, 2.24) is 10.2 Å². The van der Waals surface area contributed by atoms with Crippen molar-refractivity contribution in [2.24, 2.45) is 5.92 Å². The minimum absolute atomic E-state index is 0.0666. The maximum absolute atomic E-state index is 14.3. The van der Waals surface area contributed by atoms with Gasteiger partial charge in [0.1, 0.15) is 18.3 Å². The van der Waals surface area contributed by atoms with E-state index in [0.717, 1.165) is 9.87 Å². The Bertz CT molecular complexity index is 1530. The summed E-state index contributed by atoms with van der Waals surface area (Å²) in [6.07, 6.45) is 0.314. The lowest BCUT2D eigenvalue weighted by Crippen LogP contribution is -2.52. The zero-order valence-corrected chi connectivity index (χ0v) is 28.2. The van der Waals surface area contributed by atoms with E-state index in [1.165, 1.54) is 37.3 Å². The molecule has 0 aliphatic rings. The molecular formula is C33H42ClN3O7S. The van der Waals surface area contributed by atoms with E-state index in [2.05, 4.69) is 5.32 Å². The highest BCUT2D eigenvalue weighted by Crippen LogP contribution is 2.33. The van der Waals surface area contributed by atoms with Gasteiger partial charge in [0.05, 0.1) is 31.4 Å². The largest absolute Gasteiger partial charge is 0.494 e. The zero-order chi connectivity index (χ0) is 33.1. The molecule has 0 aromatic heterocycles. The van der Waals surface area contributed by atoms with Crippen LogP contribution in [0.3, 0.4) is 0 Å². The van der Waals surface area contributed by atoms with Crippen molar-refractivity contribution in [2.75, 3.05) is 38.2 Å². The number of amides is 2. The van der Waals surface area contributed by atoms with E-state index >= 15 is 0 Å². The molecule has 0 aliphatic carbocycles. The lowest BCUT2D eigenvalue weighted by Gasteiger charge is -2.33. The van der Waals surface area contributed by atoms with E-state index in [9.17, 15) is 18.0 Å². The van der Waals surface area contributed by atoms with Crippen molar-refractivity contribution in [3.8, 4) is 17.2 Å². The Morgan fingerprint density at radius 3 is 2.11 bits per heavy atom. The van der Waals surface area contributed by atoms with E-state index in [1.54, 1.807) is 48.5 Å². The molecule has 0 fully saturated rings. The van der Waals surface area contributed by atoms with Crippen molar-refractivity contribution in [3.63, 3.8) is 0 Å². The first-order chi connectivity index (χ1) is 21.4. The van der Waals surface area contributed by atoms with Crippen molar-refractivity contribution in [2.45, 2.75) is 51.6 Å². The van der Waals surface area contributed by atoms with Gasteiger partial charge in [0.15, 0.2) is 11.5 Å². The Balaban J connectivity index is 2.09. The quantitative estimate of drug-likeness (QED) is 0.215. The van der Waals surface area contributed by atoms with E-state index in [0.29, 0.717) is 36.1 Å². The lowest BCUT2D eigenvalue weighted by molar-refractivity contribution is -0.140. The SMILES string of the molecule is CCOc1ccc(N(CC(=O)N(Cc2ccc(Cl)cc2)[C@H](CC)C(=O)NCC(C)C)S(=O)(=O)c2ccc(OC)c(OC)c2)cc1. The summed E-state index contributed by atoms with van der Waals surface area (Å²) in [4.78, 5) is 28.9. The molecule has 0 saturated carbocycles. The van der Waals surface area contributed by atoms with Crippen LogP contribution in [0.1, 0.15) is 39.7 Å². The minimum Gasteiger partial charge on any atom is -0.494 e. The third-order valence-electron chi connectivity index (χ3n) is 6.99. The monoisotopic (exact) mass is 659 g/mol. The third kappa shape index (κ3) is 9.27. The summed E-state index contributed by atoms with van der Waals surface area (Å²) in [6.45, 7) is 7.97. The molecule has 0 saturated heterocycles. The van der Waals surface area contributed by atoms with E-state index < -0.39 is 28.5 Å². The number of halogens is 1. The van der Waals surface area contributed by atoms with Crippen LogP contribution >= 0.6 is 11.6 Å². The van der Waals surface area contributed by atoms with E-state index in [4.69, 9.17) is 25.8 Å². The molecule has 1 N–H and O–H groups in total. The highest BCUT2D eigenvalue weighted by molar-refractivity contribution is 7.92. The summed E-state index contributed by atoms with van der Waals surface area (Å²) < 4.78 is 45.7. The first kappa shape index (κ1) is 35.5. The Labute approximate surface area is 271 Å². The molecule has 10 nitrogen and oxygen atoms in total. The van der Waals surface area contributed by atoms with Gasteiger partial charge in [-0.1, -0.05) is 44.5 Å². The van der Waals surface area contributed by atoms with Gasteiger partial charge in [-0.2, -0.15) is 0 Å². The molecule has 12 heteroatoms. The van der Waals surface area contributed by atoms with Gasteiger partial charge >= 0.3 is 0 Å². The molecule has 244 valence electrons. The Morgan fingerprint density at radius 1 is 0.911 bits per heavy atom. The molecular weight excluding hydrogens is 618 g/mol. The van der Waals surface area contributed by atoms with Crippen LogP contribution in [0.5, 0.6) is 17.2 Å². The fourth-order valence-electron chi connectivity index (χ4n) is 4.64. The number of nitrogens with one attached hydrogen (secondary N) is 1. The molecule has 3 aromatic rings. The summed E-state index contributed by atoms with van der Waals surface area (Å²) >= 11 is 6.09. The maximum Gasteiger partial charge on any atom is 0.264 e. The molecule has 0 heterocycles. The fraction of sp³-hybridized carbons (Fsp3) is 0.394. The first-order valence-corrected chi connectivity index (χ1v) is 16.6. The average molecular weight is 660 g/mol. The second kappa shape index (κ2) is 16.4. The minimum atomic E-state index is -4.33. The summed E-state index contributed by atoms with van der Waals surface area (Å²) in [5.41, 5.74) is 0.976. The molecule has 0 spiro atoms. The number of methoxy groups -OCH3 is 2. The molecule has 0 unspecified atom stereocenters. The summed E-state index contributed by atoms with van der Waals surface area (Å²) in [6, 6.07) is 16.8. The van der Waals surface area contributed by atoms with E-state index in [-0.39, 0.29) is 34.7 Å². The number of rotatable bonds is 16. The van der Waals surface area contributed by atoms with Crippen LogP contribution in [-0.4, -0.2) is 65.1 Å². The molecule has 3 rings (SSSR count). The van der Waals surface area contributed by atoms with Gasteiger partial charge in [0.2, 0.25) is 11.8 Å². The number of hydrogen-bond donors (Lipinski definition) is 1. The smallest absolute Gasteiger partial charge is 0.264 e. The predicted octanol–water partition coefficient (Wildman–Crippen LogP) is 5.53. The molecule has 45 heavy (non-hydrogen) atoms. The van der Waals surface area contributed by atoms with Crippen molar-refractivity contribution < 1.29 is 32.2 Å². The Kier molecular flexibility index (Phi) is 12.9. The van der Waals surface area contributed by atoms with E-state index in [1.807, 2.05) is 27.7 Å². The summed E-state index contributed by atoms with van der Waals surface area (Å²) in [7, 11) is -1.47. The van der Waals surface area contributed by atoms with Gasteiger partial charge in [-0.3, -0.25) is 13.9 Å². The molecule has 0 bridgehead atoms. The standard InChI is InChI=1S/C33H42ClN3O7S/c1-7-29(33(39)35-20-23(3)4)36(21-24-9-11-25(34)12-10-24)32(38)22-37(26-13-15-27(16-14-26)44-8-2)45(40,41)28-17-18-30(42-5)31(19-28)43-6/h9-19,23,29H,7-8,20-22H2,1-6H3,(H,35,39)/t29-/m1/s1. The Morgan fingerprint density at radius 2 is 1.56 bits per heavy atom. The number of benzene rings is 3. The first-order valence-electron chi connectivity index (χ1n) is 14.7. The highest BCUT2D eigenvalue weighted by Gasteiger charge is 2.34. The van der Waals surface area contributed by atoms with Crippen molar-refractivity contribution >= 4 is 39.1 Å². The number of ether oxygens (including phenoxy) is 3. The third-order valence-corrected chi connectivity index (χ3v) is 9.02. The van der Waals surface area contributed by atoms with Gasteiger partial charge in [-0.15, -0.1) is 0 Å². The van der Waals surface area contributed by atoms with Gasteiger partial charge in [0, 0.05) is 24.2 Å². The highest BCUT2D eigenvalue weighted by atomic mass is 35.5. The molecule has 0 radical (unpaired) electrons.